The van der Waals surface area contributed by atoms with Crippen molar-refractivity contribution in [1.29, 1.82) is 0 Å². The van der Waals surface area contributed by atoms with Gasteiger partial charge in [0.1, 0.15) is 30.6 Å². The Morgan fingerprint density at radius 3 is 2.53 bits per heavy atom. The second kappa shape index (κ2) is 10.1. The number of nitrogens with zero attached hydrogens (tertiary/aromatic N) is 1. The largest absolute Gasteiger partial charge is 0.463 e. The van der Waals surface area contributed by atoms with E-state index in [1.807, 2.05) is 30.3 Å². The van der Waals surface area contributed by atoms with E-state index in [0.717, 1.165) is 16.3 Å². The standard InChI is InChI=1S/C21H23N3O8/c1-12(25)30-11-17-16(31-13(2)26)8-18(32-17)24-10-15(20(28)23-21(24)29)19(27)22-9-14-6-4-3-5-7-14/h3-7,10,16-18H,8-9,11H2,1-2H3,(H,22,27)(H,23,28,29)/t16-,17+,18+/m0/s1. The number of carbonyl (C=O) groups excluding carboxylic acids is 3. The molecule has 1 aromatic carbocycles. The molecule has 2 N–H and O–H groups in total. The highest BCUT2D eigenvalue weighted by molar-refractivity contribution is 5.93. The second-order valence-electron chi connectivity index (χ2n) is 7.19. The Labute approximate surface area is 182 Å². The van der Waals surface area contributed by atoms with Crippen molar-refractivity contribution in [3.05, 3.63) is 68.5 Å². The zero-order valence-corrected chi connectivity index (χ0v) is 17.5. The van der Waals surface area contributed by atoms with E-state index in [9.17, 15) is 24.0 Å². The van der Waals surface area contributed by atoms with Gasteiger partial charge in [-0.05, 0) is 5.56 Å². The molecule has 170 valence electrons. The molecular weight excluding hydrogens is 422 g/mol. The fourth-order valence-corrected chi connectivity index (χ4v) is 3.29. The lowest BCUT2D eigenvalue weighted by molar-refractivity contribution is -0.155. The Bertz CT molecular complexity index is 1110. The first-order valence-corrected chi connectivity index (χ1v) is 9.88. The van der Waals surface area contributed by atoms with E-state index in [4.69, 9.17) is 14.2 Å². The predicted octanol–water partition coefficient (Wildman–Crippen LogP) is 0.249. The van der Waals surface area contributed by atoms with Crippen molar-refractivity contribution in [3.63, 3.8) is 0 Å². The summed E-state index contributed by atoms with van der Waals surface area (Å²) in [6, 6.07) is 9.10. The molecule has 1 fully saturated rings. The molecule has 0 unspecified atom stereocenters. The third-order valence-electron chi connectivity index (χ3n) is 4.77. The number of H-pyrrole nitrogens is 1. The van der Waals surface area contributed by atoms with E-state index >= 15 is 0 Å². The van der Waals surface area contributed by atoms with Gasteiger partial charge in [0.15, 0.2) is 0 Å². The lowest BCUT2D eigenvalue weighted by Crippen LogP contribution is -2.38. The third-order valence-corrected chi connectivity index (χ3v) is 4.77. The zero-order chi connectivity index (χ0) is 23.3. The van der Waals surface area contributed by atoms with Crippen molar-refractivity contribution in [2.75, 3.05) is 6.61 Å². The van der Waals surface area contributed by atoms with Gasteiger partial charge in [-0.25, -0.2) is 4.79 Å². The summed E-state index contributed by atoms with van der Waals surface area (Å²) in [7, 11) is 0. The predicted molar refractivity (Wildman–Crippen MR) is 110 cm³/mol. The number of hydrogen-bond donors (Lipinski definition) is 2. The van der Waals surface area contributed by atoms with E-state index in [0.29, 0.717) is 0 Å². The molecular formula is C21H23N3O8. The number of amides is 1. The highest BCUT2D eigenvalue weighted by atomic mass is 16.6. The van der Waals surface area contributed by atoms with E-state index in [1.54, 1.807) is 0 Å². The van der Waals surface area contributed by atoms with Crippen molar-refractivity contribution in [3.8, 4) is 0 Å². The summed E-state index contributed by atoms with van der Waals surface area (Å²) in [5.41, 5.74) is -1.09. The quantitative estimate of drug-likeness (QED) is 0.577. The van der Waals surface area contributed by atoms with Crippen molar-refractivity contribution < 1.29 is 28.6 Å². The number of hydrogen-bond acceptors (Lipinski definition) is 8. The van der Waals surface area contributed by atoms with Crippen molar-refractivity contribution >= 4 is 17.8 Å². The molecule has 0 aliphatic carbocycles. The highest BCUT2D eigenvalue weighted by Crippen LogP contribution is 2.30. The van der Waals surface area contributed by atoms with Crippen molar-refractivity contribution in [2.45, 2.75) is 45.2 Å². The van der Waals surface area contributed by atoms with Gasteiger partial charge in [-0.2, -0.15) is 0 Å². The molecule has 32 heavy (non-hydrogen) atoms. The number of carbonyl (C=O) groups is 3. The minimum atomic E-state index is -0.954. The van der Waals surface area contributed by atoms with E-state index in [2.05, 4.69) is 10.3 Å². The van der Waals surface area contributed by atoms with Gasteiger partial charge in [0.2, 0.25) is 0 Å². The molecule has 2 aromatic rings. The molecule has 3 atom stereocenters. The first-order valence-electron chi connectivity index (χ1n) is 9.88. The van der Waals surface area contributed by atoms with Gasteiger partial charge in [0.05, 0.1) is 0 Å². The zero-order valence-electron chi connectivity index (χ0n) is 17.5. The van der Waals surface area contributed by atoms with Crippen LogP contribution < -0.4 is 16.6 Å². The van der Waals surface area contributed by atoms with Crippen LogP contribution in [0.2, 0.25) is 0 Å². The molecule has 1 saturated heterocycles. The molecule has 2 heterocycles. The average molecular weight is 445 g/mol. The minimum Gasteiger partial charge on any atom is -0.463 e. The number of aromatic nitrogens is 2. The smallest absolute Gasteiger partial charge is 0.330 e. The van der Waals surface area contributed by atoms with Gasteiger partial charge < -0.3 is 19.5 Å². The molecule has 1 amide bonds. The van der Waals surface area contributed by atoms with Gasteiger partial charge in [0.25, 0.3) is 11.5 Å². The highest BCUT2D eigenvalue weighted by Gasteiger charge is 2.40. The van der Waals surface area contributed by atoms with Crippen LogP contribution in [-0.4, -0.2) is 46.2 Å². The molecule has 1 aromatic heterocycles. The molecule has 1 aliphatic rings. The molecule has 11 heteroatoms. The number of rotatable bonds is 7. The van der Waals surface area contributed by atoms with Gasteiger partial charge in [-0.3, -0.25) is 28.7 Å². The summed E-state index contributed by atoms with van der Waals surface area (Å²) in [6.07, 6.45) is -1.40. The van der Waals surface area contributed by atoms with Gasteiger partial charge >= 0.3 is 17.6 Å². The summed E-state index contributed by atoms with van der Waals surface area (Å²) < 4.78 is 17.0. The molecule has 0 spiro atoms. The van der Waals surface area contributed by atoms with E-state index < -0.39 is 47.5 Å². The number of aromatic amines is 1. The first-order chi connectivity index (χ1) is 15.2. The fourth-order valence-electron chi connectivity index (χ4n) is 3.29. The Hall–Kier alpha value is -3.73. The van der Waals surface area contributed by atoms with Crippen LogP contribution in [0.15, 0.2) is 46.1 Å². The lowest BCUT2D eigenvalue weighted by Gasteiger charge is -2.17. The van der Waals surface area contributed by atoms with Gasteiger partial charge in [-0.15, -0.1) is 0 Å². The Morgan fingerprint density at radius 1 is 1.16 bits per heavy atom. The Morgan fingerprint density at radius 2 is 1.88 bits per heavy atom. The SMILES string of the molecule is CC(=O)OC[C@H]1O[C@@H](n2cc(C(=O)NCc3ccccc3)c(=O)[nH]c2=O)C[C@@H]1OC(C)=O. The maximum absolute atomic E-state index is 12.6. The summed E-state index contributed by atoms with van der Waals surface area (Å²) in [5, 5.41) is 2.63. The Kier molecular flexibility index (Phi) is 7.21. The summed E-state index contributed by atoms with van der Waals surface area (Å²) in [5.74, 6) is -1.78. The van der Waals surface area contributed by atoms with Gasteiger partial charge in [-0.1, -0.05) is 30.3 Å². The lowest BCUT2D eigenvalue weighted by atomic mass is 10.2. The van der Waals surface area contributed by atoms with Crippen LogP contribution in [0.3, 0.4) is 0 Å². The maximum atomic E-state index is 12.6. The first kappa shape index (κ1) is 22.9. The number of benzene rings is 1. The van der Waals surface area contributed by atoms with E-state index in [-0.39, 0.29) is 25.1 Å². The van der Waals surface area contributed by atoms with Crippen LogP contribution in [0.4, 0.5) is 0 Å². The third kappa shape index (κ3) is 5.70. The maximum Gasteiger partial charge on any atom is 0.330 e. The van der Waals surface area contributed by atoms with Crippen LogP contribution in [-0.2, 0) is 30.3 Å². The molecule has 0 radical (unpaired) electrons. The van der Waals surface area contributed by atoms with Crippen LogP contribution >= 0.6 is 0 Å². The van der Waals surface area contributed by atoms with Crippen molar-refractivity contribution in [2.24, 2.45) is 0 Å². The second-order valence-corrected chi connectivity index (χ2v) is 7.19. The summed E-state index contributed by atoms with van der Waals surface area (Å²) in [4.78, 5) is 61.8. The average Bonchev–Trinajstić information content (AvgIpc) is 3.13. The van der Waals surface area contributed by atoms with Crippen LogP contribution in [0.5, 0.6) is 0 Å². The molecule has 0 saturated carbocycles. The van der Waals surface area contributed by atoms with E-state index in [1.165, 1.54) is 13.8 Å². The summed E-state index contributed by atoms with van der Waals surface area (Å²) in [6.45, 7) is 2.45. The molecule has 3 rings (SSSR count). The van der Waals surface area contributed by atoms with Crippen LogP contribution in [0.1, 0.15) is 42.4 Å². The van der Waals surface area contributed by atoms with Crippen molar-refractivity contribution in [1.82, 2.24) is 14.9 Å². The monoisotopic (exact) mass is 445 g/mol. The Balaban J connectivity index is 1.80. The van der Waals surface area contributed by atoms with Crippen LogP contribution in [0.25, 0.3) is 0 Å². The molecule has 1 aliphatic heterocycles. The number of esters is 2. The fraction of sp³-hybridized carbons (Fsp3) is 0.381. The number of ether oxygens (including phenoxy) is 3. The minimum absolute atomic E-state index is 0.0581. The summed E-state index contributed by atoms with van der Waals surface area (Å²) >= 11 is 0. The van der Waals surface area contributed by atoms with Crippen LogP contribution in [0, 0.1) is 0 Å². The molecule has 11 nitrogen and oxygen atoms in total. The van der Waals surface area contributed by atoms with Gasteiger partial charge in [0, 0.05) is 33.0 Å². The topological polar surface area (TPSA) is 146 Å². The number of nitrogens with one attached hydrogen (secondary N) is 2. The molecule has 0 bridgehead atoms. The normalized spacial score (nSPS) is 19.9.